The SMILES string of the molecule is CC(C)Oc1cc(NC(=O)Nc2ccc(CN3CCOCC3=C=O)c(C=O)n2)ncc1C#N. The van der Waals surface area contributed by atoms with Gasteiger partial charge in [0.15, 0.2) is 6.29 Å². The van der Waals surface area contributed by atoms with Gasteiger partial charge in [-0.15, -0.1) is 0 Å². The van der Waals surface area contributed by atoms with E-state index >= 15 is 0 Å². The third-order valence-electron chi connectivity index (χ3n) is 4.56. The number of pyridine rings is 2. The summed E-state index contributed by atoms with van der Waals surface area (Å²) in [6.07, 6.45) is 1.72. The first-order valence-electron chi connectivity index (χ1n) is 10.1. The second kappa shape index (κ2) is 10.9. The fraction of sp³-hybridized carbons (Fsp3) is 0.318. The second-order valence-corrected chi connectivity index (χ2v) is 7.30. The van der Waals surface area contributed by atoms with E-state index in [1.807, 2.05) is 25.9 Å². The quantitative estimate of drug-likeness (QED) is 0.478. The lowest BCUT2D eigenvalue weighted by molar-refractivity contribution is 0.0718. The number of hydrogen-bond acceptors (Lipinski definition) is 9. The lowest BCUT2D eigenvalue weighted by Crippen LogP contribution is -2.34. The van der Waals surface area contributed by atoms with Crippen LogP contribution in [0.25, 0.3) is 0 Å². The van der Waals surface area contributed by atoms with E-state index in [0.29, 0.717) is 36.4 Å². The summed E-state index contributed by atoms with van der Waals surface area (Å²) < 4.78 is 10.8. The molecule has 0 unspecified atom stereocenters. The number of morpholine rings is 1. The van der Waals surface area contributed by atoms with Crippen LogP contribution in [0.15, 0.2) is 30.1 Å². The number of urea groups is 1. The van der Waals surface area contributed by atoms with Gasteiger partial charge in [0.25, 0.3) is 0 Å². The van der Waals surface area contributed by atoms with Gasteiger partial charge in [-0.05, 0) is 19.9 Å². The van der Waals surface area contributed by atoms with Crippen molar-refractivity contribution in [3.63, 3.8) is 0 Å². The van der Waals surface area contributed by atoms with Crippen molar-refractivity contribution in [1.82, 2.24) is 14.9 Å². The van der Waals surface area contributed by atoms with Gasteiger partial charge >= 0.3 is 6.03 Å². The van der Waals surface area contributed by atoms with Crippen molar-refractivity contribution in [2.75, 3.05) is 30.4 Å². The van der Waals surface area contributed by atoms with Gasteiger partial charge in [0, 0.05) is 24.7 Å². The Bertz CT molecular complexity index is 1140. The number of hydrogen-bond donors (Lipinski definition) is 2. The molecule has 1 fully saturated rings. The number of anilines is 2. The zero-order valence-corrected chi connectivity index (χ0v) is 18.1. The summed E-state index contributed by atoms with van der Waals surface area (Å²) in [7, 11) is 0. The van der Waals surface area contributed by atoms with Crippen LogP contribution in [0.1, 0.15) is 35.5 Å². The summed E-state index contributed by atoms with van der Waals surface area (Å²) in [5.74, 6) is 2.48. The van der Waals surface area contributed by atoms with Crippen LogP contribution in [0.5, 0.6) is 5.75 Å². The summed E-state index contributed by atoms with van der Waals surface area (Å²) in [5.41, 5.74) is 1.34. The van der Waals surface area contributed by atoms with E-state index < -0.39 is 6.03 Å². The van der Waals surface area contributed by atoms with Gasteiger partial charge in [-0.3, -0.25) is 15.4 Å². The van der Waals surface area contributed by atoms with Crippen molar-refractivity contribution < 1.29 is 23.9 Å². The topological polar surface area (TPSA) is 147 Å². The van der Waals surface area contributed by atoms with Crippen molar-refractivity contribution in [3.05, 3.63) is 46.9 Å². The molecule has 0 radical (unpaired) electrons. The average molecular weight is 450 g/mol. The van der Waals surface area contributed by atoms with Crippen LogP contribution in [-0.2, 0) is 16.1 Å². The summed E-state index contributed by atoms with van der Waals surface area (Å²) in [5, 5.41) is 14.2. The number of nitriles is 1. The number of amides is 2. The minimum absolute atomic E-state index is 0.133. The predicted molar refractivity (Wildman–Crippen MR) is 117 cm³/mol. The molecule has 11 nitrogen and oxygen atoms in total. The molecule has 3 heterocycles. The third kappa shape index (κ3) is 6.13. The van der Waals surface area contributed by atoms with Crippen LogP contribution in [0.4, 0.5) is 16.4 Å². The first kappa shape index (κ1) is 23.4. The maximum absolute atomic E-state index is 12.4. The molecular weight excluding hydrogens is 428 g/mol. The van der Waals surface area contributed by atoms with Gasteiger partial charge in [-0.1, -0.05) is 6.07 Å². The molecule has 2 amide bonds. The molecule has 0 spiro atoms. The van der Waals surface area contributed by atoms with Crippen molar-refractivity contribution in [3.8, 4) is 11.8 Å². The maximum atomic E-state index is 12.4. The Balaban J connectivity index is 1.69. The Kier molecular flexibility index (Phi) is 7.70. The number of aldehydes is 1. The standard InChI is InChI=1S/C22H22N6O5/c1-14(2)33-19-7-21(24-9-16(19)8-23)27-22(31)26-20-4-3-15(18(12-30)25-20)10-28-5-6-32-13-17(28)11-29/h3-4,7,9,12,14H,5-6,10,13H2,1-2H3,(H2,24,25,26,27,31). The molecule has 3 rings (SSSR count). The van der Waals surface area contributed by atoms with Gasteiger partial charge in [-0.2, -0.15) is 5.26 Å². The van der Waals surface area contributed by atoms with E-state index in [0.717, 1.165) is 0 Å². The Labute approximate surface area is 190 Å². The molecule has 0 atom stereocenters. The molecule has 11 heteroatoms. The van der Waals surface area contributed by atoms with Crippen LogP contribution in [0.3, 0.4) is 0 Å². The monoisotopic (exact) mass is 450 g/mol. The molecule has 1 aliphatic heterocycles. The Morgan fingerprint density at radius 1 is 1.36 bits per heavy atom. The molecular formula is C22H22N6O5. The van der Waals surface area contributed by atoms with E-state index in [2.05, 4.69) is 20.6 Å². The Morgan fingerprint density at radius 2 is 2.15 bits per heavy atom. The van der Waals surface area contributed by atoms with Crippen LogP contribution < -0.4 is 15.4 Å². The predicted octanol–water partition coefficient (Wildman–Crippen LogP) is 2.14. The van der Waals surface area contributed by atoms with E-state index in [1.54, 1.807) is 17.0 Å². The molecule has 1 saturated heterocycles. The summed E-state index contributed by atoms with van der Waals surface area (Å²) in [6.45, 7) is 5.04. The smallest absolute Gasteiger partial charge is 0.326 e. The summed E-state index contributed by atoms with van der Waals surface area (Å²) in [6, 6.07) is 5.99. The van der Waals surface area contributed by atoms with Crippen molar-refractivity contribution in [2.24, 2.45) is 0 Å². The van der Waals surface area contributed by atoms with Gasteiger partial charge in [0.05, 0.1) is 25.5 Å². The zero-order valence-electron chi connectivity index (χ0n) is 18.1. The lowest BCUT2D eigenvalue weighted by atomic mass is 10.1. The average Bonchev–Trinajstić information content (AvgIpc) is 2.80. The number of carbonyl (C=O) groups is 2. The number of aromatic nitrogens is 2. The first-order valence-corrected chi connectivity index (χ1v) is 10.1. The lowest BCUT2D eigenvalue weighted by Gasteiger charge is -2.29. The molecule has 2 aromatic rings. The molecule has 0 saturated carbocycles. The van der Waals surface area contributed by atoms with Crippen molar-refractivity contribution in [2.45, 2.75) is 26.5 Å². The Hall–Kier alpha value is -4.26. The first-order chi connectivity index (χ1) is 15.9. The highest BCUT2D eigenvalue weighted by Crippen LogP contribution is 2.22. The van der Waals surface area contributed by atoms with Crippen LogP contribution >= 0.6 is 0 Å². The summed E-state index contributed by atoms with van der Waals surface area (Å²) >= 11 is 0. The highest BCUT2D eigenvalue weighted by atomic mass is 16.5. The van der Waals surface area contributed by atoms with Crippen LogP contribution in [-0.4, -0.2) is 59.0 Å². The van der Waals surface area contributed by atoms with E-state index in [4.69, 9.17) is 14.7 Å². The van der Waals surface area contributed by atoms with Crippen LogP contribution in [0, 0.1) is 11.3 Å². The van der Waals surface area contributed by atoms with Gasteiger partial charge in [0.2, 0.25) is 0 Å². The van der Waals surface area contributed by atoms with Crippen molar-refractivity contribution in [1.29, 1.82) is 5.26 Å². The minimum Gasteiger partial charge on any atom is -0.489 e. The van der Waals surface area contributed by atoms with Gasteiger partial charge in [-0.25, -0.2) is 19.6 Å². The number of ether oxygens (including phenoxy) is 2. The van der Waals surface area contributed by atoms with Gasteiger partial charge in [0.1, 0.15) is 46.4 Å². The fourth-order valence-electron chi connectivity index (χ4n) is 3.06. The molecule has 2 aromatic heterocycles. The maximum Gasteiger partial charge on any atom is 0.326 e. The Morgan fingerprint density at radius 3 is 2.85 bits per heavy atom. The van der Waals surface area contributed by atoms with Crippen LogP contribution in [0.2, 0.25) is 0 Å². The number of rotatable bonds is 7. The van der Waals surface area contributed by atoms with Crippen molar-refractivity contribution >= 4 is 29.9 Å². The molecule has 33 heavy (non-hydrogen) atoms. The zero-order chi connectivity index (χ0) is 23.8. The summed E-state index contributed by atoms with van der Waals surface area (Å²) in [4.78, 5) is 45.0. The van der Waals surface area contributed by atoms with E-state index in [9.17, 15) is 14.4 Å². The largest absolute Gasteiger partial charge is 0.489 e. The number of nitrogens with zero attached hydrogens (tertiary/aromatic N) is 4. The normalized spacial score (nSPS) is 13.2. The van der Waals surface area contributed by atoms with E-state index in [-0.39, 0.29) is 42.1 Å². The minimum atomic E-state index is -0.640. The second-order valence-electron chi connectivity index (χ2n) is 7.30. The molecule has 0 aromatic carbocycles. The molecule has 1 aliphatic rings. The molecule has 2 N–H and O–H groups in total. The van der Waals surface area contributed by atoms with E-state index in [1.165, 1.54) is 12.3 Å². The highest BCUT2D eigenvalue weighted by Gasteiger charge is 2.19. The third-order valence-corrected chi connectivity index (χ3v) is 4.56. The van der Waals surface area contributed by atoms with Gasteiger partial charge < -0.3 is 14.4 Å². The fourth-order valence-corrected chi connectivity index (χ4v) is 3.06. The molecule has 0 bridgehead atoms. The molecule has 0 aliphatic carbocycles. The number of nitrogens with one attached hydrogen (secondary N) is 2. The highest BCUT2D eigenvalue weighted by molar-refractivity contribution is 5.98. The number of carbonyl (C=O) groups excluding carboxylic acids is 3. The molecule has 170 valence electrons.